The van der Waals surface area contributed by atoms with Crippen molar-refractivity contribution in [3.8, 4) is 0 Å². The first-order chi connectivity index (χ1) is 39.7. The van der Waals surface area contributed by atoms with E-state index < -0.39 is 7.82 Å². The Morgan fingerprint density at radius 2 is 0.675 bits per heavy atom. The predicted octanol–water partition coefficient (Wildman–Crippen LogP) is 24.9. The van der Waals surface area contributed by atoms with Gasteiger partial charge in [-0.25, -0.2) is 4.57 Å². The fourth-order valence-electron chi connectivity index (χ4n) is 10.3. The highest BCUT2D eigenvalue weighted by molar-refractivity contribution is 7.46. The van der Waals surface area contributed by atoms with Crippen molar-refractivity contribution in [2.24, 2.45) is 5.92 Å². The normalized spacial score (nSPS) is 15.1. The van der Waals surface area contributed by atoms with Crippen LogP contribution in [0.3, 0.4) is 0 Å². The summed E-state index contributed by atoms with van der Waals surface area (Å²) in [4.78, 5) is 17.7. The van der Waals surface area contributed by atoms with Gasteiger partial charge in [0.25, 0.3) is 0 Å². The zero-order chi connectivity index (χ0) is 61.1. The van der Waals surface area contributed by atoms with Gasteiger partial charge in [-0.2, -0.15) is 0 Å². The Morgan fingerprint density at radius 3 is 0.988 bits per heavy atom. The predicted molar refractivity (Wildman–Crippen MR) is 369 cm³/mol. The third-order valence-corrected chi connectivity index (χ3v) is 16.7. The molecular formula is C77H120NO4P. The number of rotatable bonds is 45. The number of fused-ring (bicyclic) bond motifs is 1. The van der Waals surface area contributed by atoms with E-state index >= 15 is 0 Å². The van der Waals surface area contributed by atoms with Gasteiger partial charge in [0.05, 0.1) is 6.61 Å². The average molecular weight is 1150 g/mol. The molecule has 0 saturated heterocycles. The molecule has 0 aliphatic heterocycles. The number of hydrogen-bond donors (Lipinski definition) is 3. The van der Waals surface area contributed by atoms with Gasteiger partial charge in [-0.3, -0.25) is 4.52 Å². The zero-order valence-corrected chi connectivity index (χ0v) is 56.1. The standard InChI is InChI=1S/C77H120NO4P/c1-62(31-17-33-64(3)35-19-37-66(5)39-21-41-68(7)43-23-45-70(9)47-25-49-72(11)51-27-53-74(13)59-61-82-83(79,80)81)30-16-32-63(2)34-18-36-65(4)38-20-40-67(6)42-22-44-69(8)46-24-48-71(10)50-26-52-73(12)54-29-60-78-77-58-28-56-75-55-14-15-57-76(75)77/h14-15,28,31-32,35-36,39-40,43-44,47-48,51-52,55-58,74,78H,16-27,29-30,33-34,37-38,41-42,45-46,49-50,53-54,59-61H2,1-13H3,(H2,79,80,81)/b62-31-,63-32-,64-35-,65-36-,66-39-,67-40-,68-43-,69-44-,70-47-,71-48+,72-51-,73-52+. The summed E-state index contributed by atoms with van der Waals surface area (Å²) >= 11 is 0. The maximum absolute atomic E-state index is 10.8. The number of nitrogens with one attached hydrogen (secondary N) is 1. The minimum absolute atomic E-state index is 0.105. The summed E-state index contributed by atoms with van der Waals surface area (Å²) in [6.45, 7) is 30.7. The average Bonchev–Trinajstić information content (AvgIpc) is 3.49. The van der Waals surface area contributed by atoms with Crippen LogP contribution in [-0.2, 0) is 9.09 Å². The maximum Gasteiger partial charge on any atom is 0.469 e. The number of benzene rings is 2. The molecule has 0 aromatic heterocycles. The van der Waals surface area contributed by atoms with Gasteiger partial charge in [0.2, 0.25) is 0 Å². The first-order valence-corrected chi connectivity index (χ1v) is 34.0. The van der Waals surface area contributed by atoms with E-state index in [1.54, 1.807) is 0 Å². The number of allylic oxidation sites excluding steroid dienone is 24. The molecule has 2 aromatic carbocycles. The molecule has 462 valence electrons. The maximum atomic E-state index is 10.8. The monoisotopic (exact) mass is 1150 g/mol. The number of phosphoric acid groups is 1. The Labute approximate surface area is 510 Å². The largest absolute Gasteiger partial charge is 0.469 e. The minimum Gasteiger partial charge on any atom is -0.385 e. The Morgan fingerprint density at radius 1 is 0.398 bits per heavy atom. The second-order valence-corrected chi connectivity index (χ2v) is 26.1. The summed E-state index contributed by atoms with van der Waals surface area (Å²) in [5, 5.41) is 6.26. The van der Waals surface area contributed by atoms with Crippen LogP contribution in [0.2, 0.25) is 0 Å². The van der Waals surface area contributed by atoms with E-state index in [0.29, 0.717) is 12.3 Å². The second-order valence-electron chi connectivity index (χ2n) is 24.9. The molecule has 83 heavy (non-hydrogen) atoms. The molecule has 3 N–H and O–H groups in total. The molecule has 2 aromatic rings. The molecule has 1 atom stereocenters. The van der Waals surface area contributed by atoms with Crippen LogP contribution in [0, 0.1) is 5.92 Å². The topological polar surface area (TPSA) is 78.8 Å². The fraction of sp³-hybridized carbons (Fsp3) is 0.558. The van der Waals surface area contributed by atoms with E-state index in [2.05, 4.69) is 215 Å². The lowest BCUT2D eigenvalue weighted by molar-refractivity contribution is 0.185. The van der Waals surface area contributed by atoms with E-state index in [9.17, 15) is 4.57 Å². The molecule has 0 amide bonds. The molecule has 1 unspecified atom stereocenters. The van der Waals surface area contributed by atoms with Crippen LogP contribution in [0.25, 0.3) is 10.8 Å². The van der Waals surface area contributed by atoms with E-state index in [-0.39, 0.29) is 6.61 Å². The van der Waals surface area contributed by atoms with Gasteiger partial charge in [0, 0.05) is 17.6 Å². The van der Waals surface area contributed by atoms with Crippen LogP contribution < -0.4 is 5.32 Å². The highest BCUT2D eigenvalue weighted by Gasteiger charge is 2.14. The molecule has 0 bridgehead atoms. The van der Waals surface area contributed by atoms with Gasteiger partial charge in [-0.1, -0.05) is 183 Å². The van der Waals surface area contributed by atoms with Gasteiger partial charge in [-0.15, -0.1) is 0 Å². The first-order valence-electron chi connectivity index (χ1n) is 32.5. The molecule has 0 aliphatic carbocycles. The summed E-state index contributed by atoms with van der Waals surface area (Å²) < 4.78 is 15.4. The number of anilines is 1. The van der Waals surface area contributed by atoms with Crippen molar-refractivity contribution >= 4 is 24.3 Å². The highest BCUT2D eigenvalue weighted by Crippen LogP contribution is 2.36. The van der Waals surface area contributed by atoms with E-state index in [4.69, 9.17) is 9.79 Å². The van der Waals surface area contributed by atoms with Crippen molar-refractivity contribution in [3.05, 3.63) is 182 Å². The second kappa shape index (κ2) is 45.8. The third kappa shape index (κ3) is 42.0. The van der Waals surface area contributed by atoms with Gasteiger partial charge in [0.15, 0.2) is 0 Å². The summed E-state index contributed by atoms with van der Waals surface area (Å²) in [6, 6.07) is 15.1. The molecule has 2 rings (SSSR count). The lowest BCUT2D eigenvalue weighted by Crippen LogP contribution is -2.02. The van der Waals surface area contributed by atoms with Crippen molar-refractivity contribution in [3.63, 3.8) is 0 Å². The molecule has 0 saturated carbocycles. The molecule has 5 nitrogen and oxygen atoms in total. The lowest BCUT2D eigenvalue weighted by atomic mass is 10.0. The summed E-state index contributed by atoms with van der Waals surface area (Å²) in [5.41, 5.74) is 19.2. The SMILES string of the molecule is C/C(=C/CC/C(C)=C\CC/C(C)=C\CC/C(C)=C\CC/C(C)=C\CCC(C)CCOP(=O)(O)O)CC/C=C(/C)CC/C=C(/C)CC/C=C(/C)CC/C=C(/C)CC/C=C(/C)CC/C=C(\C)CC/C=C(\C)CCCNc1cccc2ccccc12. The smallest absolute Gasteiger partial charge is 0.385 e. The Hall–Kier alpha value is -4.51. The molecule has 0 radical (unpaired) electrons. The van der Waals surface area contributed by atoms with Crippen molar-refractivity contribution in [2.75, 3.05) is 18.5 Å². The molecule has 6 heteroatoms. The molecule has 0 heterocycles. The van der Waals surface area contributed by atoms with Crippen LogP contribution in [0.1, 0.15) is 263 Å². The van der Waals surface area contributed by atoms with Gasteiger partial charge in [-0.05, 0) is 274 Å². The first kappa shape index (κ1) is 74.6. The van der Waals surface area contributed by atoms with Crippen LogP contribution in [0.15, 0.2) is 182 Å². The van der Waals surface area contributed by atoms with Gasteiger partial charge >= 0.3 is 7.82 Å². The van der Waals surface area contributed by atoms with Crippen molar-refractivity contribution in [1.82, 2.24) is 0 Å². The van der Waals surface area contributed by atoms with Crippen LogP contribution in [0.5, 0.6) is 0 Å². The Kier molecular flexibility index (Phi) is 41.2. The number of hydrogen-bond acceptors (Lipinski definition) is 3. The summed E-state index contributed by atoms with van der Waals surface area (Å²) in [5.74, 6) is 0.373. The molecular weight excluding hydrogens is 1030 g/mol. The molecule has 0 spiro atoms. The van der Waals surface area contributed by atoms with Crippen molar-refractivity contribution < 1.29 is 18.9 Å². The summed E-state index contributed by atoms with van der Waals surface area (Å²) in [7, 11) is -4.36. The van der Waals surface area contributed by atoms with Crippen LogP contribution in [0.4, 0.5) is 5.69 Å². The van der Waals surface area contributed by atoms with Crippen LogP contribution in [-0.4, -0.2) is 22.9 Å². The fourth-order valence-corrected chi connectivity index (χ4v) is 10.7. The minimum atomic E-state index is -4.36. The van der Waals surface area contributed by atoms with Crippen LogP contribution >= 0.6 is 7.82 Å². The molecule has 0 fully saturated rings. The van der Waals surface area contributed by atoms with E-state index in [1.165, 1.54) is 83.3 Å². The Bertz CT molecular complexity index is 2590. The van der Waals surface area contributed by atoms with Gasteiger partial charge < -0.3 is 15.1 Å². The summed E-state index contributed by atoms with van der Waals surface area (Å²) in [6.07, 6.45) is 59.2. The van der Waals surface area contributed by atoms with Crippen molar-refractivity contribution in [1.29, 1.82) is 0 Å². The van der Waals surface area contributed by atoms with E-state index in [0.717, 1.165) is 173 Å². The van der Waals surface area contributed by atoms with E-state index in [1.807, 2.05) is 0 Å². The quantitative estimate of drug-likeness (QED) is 0.0350. The third-order valence-electron chi connectivity index (χ3n) is 16.2. The zero-order valence-electron chi connectivity index (χ0n) is 55.2. The Balaban J connectivity index is 1.51. The molecule has 0 aliphatic rings. The van der Waals surface area contributed by atoms with Gasteiger partial charge in [0.1, 0.15) is 0 Å². The highest BCUT2D eigenvalue weighted by atomic mass is 31.2. The van der Waals surface area contributed by atoms with Crippen molar-refractivity contribution in [2.45, 2.75) is 263 Å². The number of phosphoric ester groups is 1. The lowest BCUT2D eigenvalue weighted by Gasteiger charge is -2.11.